The molecule has 1 rings (SSSR count). The molecule has 0 radical (unpaired) electrons. The average Bonchev–Trinajstić information content (AvgIpc) is 2.62. The van der Waals surface area contributed by atoms with Gasteiger partial charge in [-0.05, 0) is 19.4 Å². The van der Waals surface area contributed by atoms with Crippen molar-refractivity contribution < 1.29 is 28.9 Å². The van der Waals surface area contributed by atoms with Crippen LogP contribution in [0.3, 0.4) is 0 Å². The third kappa shape index (κ3) is 7.75. The van der Waals surface area contributed by atoms with Crippen molar-refractivity contribution in [1.29, 1.82) is 5.41 Å². The van der Waals surface area contributed by atoms with Gasteiger partial charge in [0.05, 0.1) is 6.61 Å². The molecule has 0 saturated heterocycles. The van der Waals surface area contributed by atoms with Crippen LogP contribution in [0.15, 0.2) is 24.3 Å². The van der Waals surface area contributed by atoms with Crippen molar-refractivity contribution in [2.45, 2.75) is 20.5 Å². The molecule has 9 heteroatoms. The van der Waals surface area contributed by atoms with Gasteiger partial charge in [-0.2, -0.15) is 0 Å². The summed E-state index contributed by atoms with van der Waals surface area (Å²) in [6.45, 7) is 2.50. The number of nitrogens with one attached hydrogen (secondary N) is 1. The molecule has 0 aliphatic carbocycles. The fourth-order valence-electron chi connectivity index (χ4n) is 1.72. The fraction of sp³-hybridized carbons (Fsp3) is 0.471. The summed E-state index contributed by atoms with van der Waals surface area (Å²) in [5.74, 6) is -0.391. The van der Waals surface area contributed by atoms with Crippen molar-refractivity contribution >= 4 is 29.1 Å². The molecule has 0 amide bonds. The largest absolute Gasteiger partial charge is 0.508 e. The Hall–Kier alpha value is -2.26. The highest BCUT2D eigenvalue weighted by Crippen LogP contribution is 2.19. The van der Waals surface area contributed by atoms with E-state index in [1.807, 2.05) is 31.2 Å². The first kappa shape index (κ1) is 21.8. The van der Waals surface area contributed by atoms with Crippen LogP contribution in [0, 0.1) is 17.7 Å². The Kier molecular flexibility index (Phi) is 8.94. The molecule has 8 nitrogen and oxygen atoms in total. The molecule has 0 bridgehead atoms. The molecule has 1 unspecified atom stereocenters. The second-order valence-electron chi connectivity index (χ2n) is 5.88. The first-order valence-corrected chi connectivity index (χ1v) is 8.85. The number of ether oxygens (including phenoxy) is 3. The Bertz CT molecular complexity index is 622. The number of hydrogen-bond donors (Lipinski definition) is 3. The van der Waals surface area contributed by atoms with Crippen LogP contribution >= 0.6 is 11.8 Å². The van der Waals surface area contributed by atoms with E-state index in [2.05, 4.69) is 0 Å². The number of amidine groups is 1. The Morgan fingerprint density at radius 1 is 1.23 bits per heavy atom. The molecule has 1 aromatic carbocycles. The first-order chi connectivity index (χ1) is 12.3. The standard InChI is InChI=1S/C17H24N2O6S/c1-12-3-5-13(6-4-12)9-24-16(22)25-11-17(2,10-20)14(21)23-7-8-26-15(18)19/h3-6,20H,7-11H2,1-2H3,(H3,18,19). The number of carbonyl (C=O) groups excluding carboxylic acids is 2. The van der Waals surface area contributed by atoms with Crippen molar-refractivity contribution in [2.24, 2.45) is 11.1 Å². The molecule has 0 aliphatic heterocycles. The highest BCUT2D eigenvalue weighted by atomic mass is 32.2. The Morgan fingerprint density at radius 2 is 1.88 bits per heavy atom. The molecule has 0 saturated carbocycles. The summed E-state index contributed by atoms with van der Waals surface area (Å²) in [4.78, 5) is 23.7. The van der Waals surface area contributed by atoms with Gasteiger partial charge >= 0.3 is 12.1 Å². The van der Waals surface area contributed by atoms with Gasteiger partial charge in [0.25, 0.3) is 0 Å². The highest BCUT2D eigenvalue weighted by molar-refractivity contribution is 8.13. The van der Waals surface area contributed by atoms with Crippen LogP contribution in [0.1, 0.15) is 18.1 Å². The van der Waals surface area contributed by atoms with Crippen LogP contribution in [0.25, 0.3) is 0 Å². The molecule has 1 atom stereocenters. The Morgan fingerprint density at radius 3 is 2.46 bits per heavy atom. The monoisotopic (exact) mass is 384 g/mol. The molecule has 0 heterocycles. The van der Waals surface area contributed by atoms with E-state index in [0.717, 1.165) is 22.9 Å². The zero-order valence-electron chi connectivity index (χ0n) is 14.8. The van der Waals surface area contributed by atoms with Crippen LogP contribution in [0.2, 0.25) is 0 Å². The van der Waals surface area contributed by atoms with E-state index in [9.17, 15) is 14.7 Å². The molecular formula is C17H24N2O6S. The van der Waals surface area contributed by atoms with Gasteiger partial charge < -0.3 is 25.1 Å². The van der Waals surface area contributed by atoms with Crippen molar-refractivity contribution in [3.05, 3.63) is 35.4 Å². The van der Waals surface area contributed by atoms with E-state index in [4.69, 9.17) is 25.4 Å². The lowest BCUT2D eigenvalue weighted by molar-refractivity contribution is -0.159. The smallest absolute Gasteiger partial charge is 0.464 e. The number of aryl methyl sites for hydroxylation is 1. The Balaban J connectivity index is 2.39. The topological polar surface area (TPSA) is 132 Å². The van der Waals surface area contributed by atoms with E-state index < -0.39 is 24.1 Å². The van der Waals surface area contributed by atoms with E-state index in [0.29, 0.717) is 5.75 Å². The van der Waals surface area contributed by atoms with E-state index in [1.54, 1.807) is 0 Å². The van der Waals surface area contributed by atoms with E-state index in [-0.39, 0.29) is 25.0 Å². The predicted molar refractivity (Wildman–Crippen MR) is 97.8 cm³/mol. The minimum atomic E-state index is -1.40. The summed E-state index contributed by atoms with van der Waals surface area (Å²) in [5, 5.41) is 16.4. The zero-order valence-corrected chi connectivity index (χ0v) is 15.6. The van der Waals surface area contributed by atoms with Gasteiger partial charge in [-0.15, -0.1) is 0 Å². The van der Waals surface area contributed by atoms with Gasteiger partial charge in [-0.25, -0.2) is 4.79 Å². The molecule has 0 aromatic heterocycles. The summed E-state index contributed by atoms with van der Waals surface area (Å²) in [6, 6.07) is 7.45. The van der Waals surface area contributed by atoms with Crippen molar-refractivity contribution in [3.63, 3.8) is 0 Å². The lowest BCUT2D eigenvalue weighted by Gasteiger charge is -2.24. The summed E-state index contributed by atoms with van der Waals surface area (Å²) >= 11 is 1.03. The van der Waals surface area contributed by atoms with Crippen molar-refractivity contribution in [3.8, 4) is 0 Å². The normalized spacial score (nSPS) is 12.7. The third-order valence-electron chi connectivity index (χ3n) is 3.40. The maximum absolute atomic E-state index is 12.1. The first-order valence-electron chi connectivity index (χ1n) is 7.87. The molecule has 144 valence electrons. The molecular weight excluding hydrogens is 360 g/mol. The predicted octanol–water partition coefficient (Wildman–Crippen LogP) is 1.82. The van der Waals surface area contributed by atoms with Gasteiger partial charge in [0, 0.05) is 5.75 Å². The van der Waals surface area contributed by atoms with Crippen molar-refractivity contribution in [1.82, 2.24) is 0 Å². The van der Waals surface area contributed by atoms with E-state index in [1.165, 1.54) is 6.92 Å². The van der Waals surface area contributed by atoms with E-state index >= 15 is 0 Å². The molecule has 1 aromatic rings. The molecule has 4 N–H and O–H groups in total. The third-order valence-corrected chi connectivity index (χ3v) is 4.08. The quantitative estimate of drug-likeness (QED) is 0.254. The van der Waals surface area contributed by atoms with Gasteiger partial charge in [-0.3, -0.25) is 10.2 Å². The summed E-state index contributed by atoms with van der Waals surface area (Å²) in [6.07, 6.45) is -0.940. The summed E-state index contributed by atoms with van der Waals surface area (Å²) < 4.78 is 14.9. The van der Waals surface area contributed by atoms with Crippen LogP contribution in [0.5, 0.6) is 0 Å². The number of carbonyl (C=O) groups is 2. The van der Waals surface area contributed by atoms with Gasteiger partial charge in [0.15, 0.2) is 5.17 Å². The maximum atomic E-state index is 12.1. The minimum Gasteiger partial charge on any atom is -0.464 e. The maximum Gasteiger partial charge on any atom is 0.508 e. The second-order valence-corrected chi connectivity index (χ2v) is 7.02. The van der Waals surface area contributed by atoms with Crippen LogP contribution in [0.4, 0.5) is 4.79 Å². The Labute approximate surface area is 156 Å². The van der Waals surface area contributed by atoms with Crippen LogP contribution in [-0.4, -0.2) is 48.0 Å². The van der Waals surface area contributed by atoms with Gasteiger partial charge in [0.1, 0.15) is 25.2 Å². The van der Waals surface area contributed by atoms with Gasteiger partial charge in [0.2, 0.25) is 0 Å². The molecule has 0 aliphatic rings. The number of rotatable bonds is 9. The van der Waals surface area contributed by atoms with Gasteiger partial charge in [-0.1, -0.05) is 41.6 Å². The number of aliphatic hydroxyl groups is 1. The number of aliphatic hydroxyl groups excluding tert-OH is 1. The number of hydrogen-bond acceptors (Lipinski definition) is 8. The summed E-state index contributed by atoms with van der Waals surface area (Å²) in [5.41, 5.74) is 5.67. The van der Waals surface area contributed by atoms with Crippen molar-refractivity contribution in [2.75, 3.05) is 25.6 Å². The summed E-state index contributed by atoms with van der Waals surface area (Å²) in [7, 11) is 0. The average molecular weight is 384 g/mol. The van der Waals surface area contributed by atoms with Crippen LogP contribution < -0.4 is 5.73 Å². The highest BCUT2D eigenvalue weighted by Gasteiger charge is 2.36. The zero-order chi connectivity index (χ0) is 19.6. The second kappa shape index (κ2) is 10.7. The minimum absolute atomic E-state index is 0.0243. The molecule has 0 spiro atoms. The van der Waals surface area contributed by atoms with Crippen LogP contribution in [-0.2, 0) is 25.6 Å². The molecule has 0 fully saturated rings. The number of nitrogens with two attached hydrogens (primary N) is 1. The lowest BCUT2D eigenvalue weighted by atomic mass is 9.93. The fourth-order valence-corrected chi connectivity index (χ4v) is 2.10. The number of benzene rings is 1. The SMILES string of the molecule is Cc1ccc(COC(=O)OCC(C)(CO)C(=O)OCCSC(=N)N)cc1. The number of thioether (sulfide) groups is 1. The lowest BCUT2D eigenvalue weighted by Crippen LogP contribution is -2.39. The number of esters is 1. The molecule has 26 heavy (non-hydrogen) atoms.